The molecular formula is C11H10F3NO2S3. The second-order valence-corrected chi connectivity index (χ2v) is 8.27. The van der Waals surface area contributed by atoms with E-state index in [4.69, 9.17) is 0 Å². The first-order chi connectivity index (χ1) is 9.20. The van der Waals surface area contributed by atoms with E-state index in [0.29, 0.717) is 16.2 Å². The van der Waals surface area contributed by atoms with Gasteiger partial charge in [-0.25, -0.2) is 13.4 Å². The molecule has 0 fully saturated rings. The first-order valence-corrected chi connectivity index (χ1v) is 8.94. The predicted molar refractivity (Wildman–Crippen MR) is 72.5 cm³/mol. The van der Waals surface area contributed by atoms with Gasteiger partial charge in [-0.2, -0.15) is 13.2 Å². The minimum atomic E-state index is -4.54. The Kier molecular flexibility index (Phi) is 4.22. The van der Waals surface area contributed by atoms with Gasteiger partial charge in [0.1, 0.15) is 0 Å². The second-order valence-electron chi connectivity index (χ2n) is 4.11. The molecule has 110 valence electrons. The smallest absolute Gasteiger partial charge is 0.236 e. The fourth-order valence-corrected chi connectivity index (χ4v) is 4.84. The van der Waals surface area contributed by atoms with Gasteiger partial charge in [0.05, 0.1) is 16.7 Å². The maximum atomic E-state index is 12.4. The van der Waals surface area contributed by atoms with E-state index >= 15 is 0 Å². The number of sulfone groups is 1. The summed E-state index contributed by atoms with van der Waals surface area (Å²) in [6.07, 6.45) is -4.54. The molecule has 2 rings (SSSR count). The van der Waals surface area contributed by atoms with Gasteiger partial charge in [-0.05, 0) is 18.4 Å². The maximum absolute atomic E-state index is 12.4. The third-order valence-electron chi connectivity index (χ3n) is 2.63. The average Bonchev–Trinajstić information content (AvgIpc) is 2.95. The average molecular weight is 341 g/mol. The fraction of sp³-hybridized carbons (Fsp3) is 0.364. The third kappa shape index (κ3) is 3.39. The van der Waals surface area contributed by atoms with Gasteiger partial charge < -0.3 is 0 Å². The number of halogens is 3. The highest BCUT2D eigenvalue weighted by molar-refractivity contribution is 7.91. The van der Waals surface area contributed by atoms with E-state index < -0.39 is 32.0 Å². The van der Waals surface area contributed by atoms with Gasteiger partial charge in [0, 0.05) is 10.3 Å². The lowest BCUT2D eigenvalue weighted by molar-refractivity contribution is -0.137. The van der Waals surface area contributed by atoms with Crippen LogP contribution in [0.2, 0.25) is 0 Å². The Balaban J connectivity index is 2.19. The summed E-state index contributed by atoms with van der Waals surface area (Å²) < 4.78 is 61.5. The number of hydrogen-bond donors (Lipinski definition) is 0. The van der Waals surface area contributed by atoms with Crippen molar-refractivity contribution in [2.24, 2.45) is 0 Å². The van der Waals surface area contributed by atoms with Crippen LogP contribution in [0.5, 0.6) is 0 Å². The fourth-order valence-electron chi connectivity index (χ4n) is 1.53. The lowest BCUT2D eigenvalue weighted by atomic mass is 10.4. The summed E-state index contributed by atoms with van der Waals surface area (Å²) in [5.41, 5.74) is -0.0641. The molecule has 3 nitrogen and oxygen atoms in total. The van der Waals surface area contributed by atoms with E-state index in [9.17, 15) is 21.6 Å². The minimum absolute atomic E-state index is 0.0641. The van der Waals surface area contributed by atoms with E-state index in [1.165, 1.54) is 18.3 Å². The van der Waals surface area contributed by atoms with Crippen LogP contribution in [0, 0.1) is 0 Å². The molecule has 0 aromatic carbocycles. The SMILES string of the molecule is CC(c1cccs1)S(=O)(=O)Cc1csc(C(F)(F)F)n1. The molecule has 1 atom stereocenters. The molecular weight excluding hydrogens is 331 g/mol. The Labute approximate surface area is 122 Å². The summed E-state index contributed by atoms with van der Waals surface area (Å²) in [7, 11) is -3.58. The zero-order valence-corrected chi connectivity index (χ0v) is 12.7. The summed E-state index contributed by atoms with van der Waals surface area (Å²) in [4.78, 5) is 4.01. The van der Waals surface area contributed by atoms with Gasteiger partial charge in [0.25, 0.3) is 0 Å². The lowest BCUT2D eigenvalue weighted by Gasteiger charge is -2.09. The van der Waals surface area contributed by atoms with Crippen molar-refractivity contribution in [1.29, 1.82) is 0 Å². The van der Waals surface area contributed by atoms with Crippen LogP contribution in [0.4, 0.5) is 13.2 Å². The van der Waals surface area contributed by atoms with E-state index in [1.54, 1.807) is 17.5 Å². The van der Waals surface area contributed by atoms with Gasteiger partial charge in [-0.3, -0.25) is 0 Å². The molecule has 0 aliphatic heterocycles. The molecule has 1 unspecified atom stereocenters. The van der Waals surface area contributed by atoms with Crippen LogP contribution in [0.25, 0.3) is 0 Å². The second kappa shape index (κ2) is 5.45. The van der Waals surface area contributed by atoms with Crippen LogP contribution in [-0.2, 0) is 21.8 Å². The molecule has 2 heterocycles. The highest BCUT2D eigenvalue weighted by Crippen LogP contribution is 2.33. The van der Waals surface area contributed by atoms with Crippen molar-refractivity contribution < 1.29 is 21.6 Å². The molecule has 20 heavy (non-hydrogen) atoms. The zero-order valence-electron chi connectivity index (χ0n) is 10.2. The summed E-state index contributed by atoms with van der Waals surface area (Å²) in [6, 6.07) is 3.42. The van der Waals surface area contributed by atoms with Gasteiger partial charge in [-0.15, -0.1) is 22.7 Å². The first kappa shape index (κ1) is 15.5. The number of rotatable bonds is 4. The largest absolute Gasteiger partial charge is 0.443 e. The number of thiophene rings is 1. The van der Waals surface area contributed by atoms with Crippen molar-refractivity contribution in [3.05, 3.63) is 38.5 Å². The highest BCUT2D eigenvalue weighted by atomic mass is 32.2. The molecule has 0 radical (unpaired) electrons. The Bertz CT molecular complexity index is 674. The van der Waals surface area contributed by atoms with Crippen molar-refractivity contribution in [2.75, 3.05) is 0 Å². The Morgan fingerprint density at radius 1 is 1.35 bits per heavy atom. The summed E-state index contributed by atoms with van der Waals surface area (Å²) >= 11 is 1.71. The molecule has 0 aliphatic rings. The molecule has 2 aromatic rings. The monoisotopic (exact) mass is 341 g/mol. The molecule has 0 amide bonds. The van der Waals surface area contributed by atoms with Gasteiger partial charge >= 0.3 is 6.18 Å². The number of aromatic nitrogens is 1. The van der Waals surface area contributed by atoms with Gasteiger partial charge in [0.15, 0.2) is 14.8 Å². The molecule has 0 aliphatic carbocycles. The van der Waals surface area contributed by atoms with Crippen LogP contribution in [-0.4, -0.2) is 13.4 Å². The normalized spacial score (nSPS) is 14.4. The van der Waals surface area contributed by atoms with Crippen LogP contribution >= 0.6 is 22.7 Å². The quantitative estimate of drug-likeness (QED) is 0.847. The minimum Gasteiger partial charge on any atom is -0.236 e. The predicted octanol–water partition coefficient (Wildman–Crippen LogP) is 3.90. The van der Waals surface area contributed by atoms with Crippen molar-refractivity contribution in [3.63, 3.8) is 0 Å². The van der Waals surface area contributed by atoms with Crippen LogP contribution in [0.3, 0.4) is 0 Å². The van der Waals surface area contributed by atoms with Crippen molar-refractivity contribution >= 4 is 32.5 Å². The Hall–Kier alpha value is -0.930. The van der Waals surface area contributed by atoms with Gasteiger partial charge in [0.2, 0.25) is 0 Å². The molecule has 0 saturated carbocycles. The van der Waals surface area contributed by atoms with E-state index in [2.05, 4.69) is 4.98 Å². The van der Waals surface area contributed by atoms with Gasteiger partial charge in [-0.1, -0.05) is 6.07 Å². The lowest BCUT2D eigenvalue weighted by Crippen LogP contribution is -2.12. The van der Waals surface area contributed by atoms with E-state index in [-0.39, 0.29) is 5.69 Å². The highest BCUT2D eigenvalue weighted by Gasteiger charge is 2.35. The number of alkyl halides is 3. The third-order valence-corrected chi connectivity index (χ3v) is 6.80. The molecule has 0 saturated heterocycles. The van der Waals surface area contributed by atoms with Crippen LogP contribution in [0.15, 0.2) is 22.9 Å². The standard InChI is InChI=1S/C11H10F3NO2S3/c1-7(9-3-2-4-18-9)20(16,17)6-8-5-19-10(15-8)11(12,13)14/h2-5,7H,6H2,1H3. The van der Waals surface area contributed by atoms with E-state index in [0.717, 1.165) is 5.38 Å². The number of thiazole rings is 1. The summed E-state index contributed by atoms with van der Waals surface area (Å²) in [5, 5.41) is 1.12. The molecule has 0 bridgehead atoms. The van der Waals surface area contributed by atoms with Crippen LogP contribution < -0.4 is 0 Å². The van der Waals surface area contributed by atoms with Crippen molar-refractivity contribution in [3.8, 4) is 0 Å². The number of hydrogen-bond acceptors (Lipinski definition) is 5. The molecule has 0 spiro atoms. The molecule has 0 N–H and O–H groups in total. The zero-order chi connectivity index (χ0) is 15.0. The van der Waals surface area contributed by atoms with E-state index in [1.807, 2.05) is 0 Å². The topological polar surface area (TPSA) is 47.0 Å². The maximum Gasteiger partial charge on any atom is 0.443 e. The van der Waals surface area contributed by atoms with Crippen molar-refractivity contribution in [2.45, 2.75) is 24.1 Å². The number of nitrogens with zero attached hydrogens (tertiary/aromatic N) is 1. The summed E-state index contributed by atoms with van der Waals surface area (Å²) in [6.45, 7) is 1.53. The molecule has 9 heteroatoms. The Morgan fingerprint density at radius 2 is 2.05 bits per heavy atom. The molecule has 2 aromatic heterocycles. The Morgan fingerprint density at radius 3 is 2.55 bits per heavy atom. The first-order valence-electron chi connectivity index (χ1n) is 5.47. The van der Waals surface area contributed by atoms with Crippen LogP contribution in [0.1, 0.15) is 27.8 Å². The summed E-state index contributed by atoms with van der Waals surface area (Å²) in [5.74, 6) is -0.487. The van der Waals surface area contributed by atoms with Crippen molar-refractivity contribution in [1.82, 2.24) is 4.98 Å².